The van der Waals surface area contributed by atoms with Gasteiger partial charge in [0.1, 0.15) is 17.1 Å². The lowest BCUT2D eigenvalue weighted by molar-refractivity contribution is 0.352. The molecule has 0 saturated heterocycles. The van der Waals surface area contributed by atoms with Gasteiger partial charge in [0.05, 0.1) is 29.8 Å². The first kappa shape index (κ1) is 25.3. The minimum atomic E-state index is -0.301. The van der Waals surface area contributed by atoms with Gasteiger partial charge in [-0.15, -0.1) is 6.58 Å². The zero-order valence-electron chi connectivity index (χ0n) is 20.0. The number of halogens is 2. The number of aryl methyl sites for hydroxylation is 1. The summed E-state index contributed by atoms with van der Waals surface area (Å²) in [7, 11) is 4.64. The van der Waals surface area contributed by atoms with Crippen LogP contribution in [0.25, 0.3) is 22.2 Å². The normalized spacial score (nSPS) is 17.9. The highest BCUT2D eigenvalue weighted by atomic mass is 35.5. The summed E-state index contributed by atoms with van der Waals surface area (Å²) in [5.41, 5.74) is 0.847. The predicted octanol–water partition coefficient (Wildman–Crippen LogP) is 4.82. The molecule has 0 unspecified atom stereocenters. The number of methoxy groups -OCH3 is 2. The number of nitrogens with one attached hydrogen (secondary N) is 2. The van der Waals surface area contributed by atoms with Gasteiger partial charge in [-0.25, -0.2) is 4.98 Å². The predicted molar refractivity (Wildman–Crippen MR) is 141 cm³/mol. The first-order valence-electron chi connectivity index (χ1n) is 11.5. The fourth-order valence-electron chi connectivity index (χ4n) is 4.57. The molecule has 1 aliphatic rings. The van der Waals surface area contributed by atoms with E-state index in [1.165, 1.54) is 25.2 Å². The summed E-state index contributed by atoms with van der Waals surface area (Å²) < 4.78 is 12.2. The Morgan fingerprint density at radius 2 is 1.80 bits per heavy atom. The molecular formula is C25H29Cl2N5O3. The van der Waals surface area contributed by atoms with E-state index in [2.05, 4.69) is 27.2 Å². The van der Waals surface area contributed by atoms with Crippen molar-refractivity contribution >= 4 is 40.2 Å². The van der Waals surface area contributed by atoms with Crippen LogP contribution < -0.4 is 25.7 Å². The van der Waals surface area contributed by atoms with Gasteiger partial charge in [0.2, 0.25) is 5.95 Å². The van der Waals surface area contributed by atoms with Crippen molar-refractivity contribution < 1.29 is 9.47 Å². The van der Waals surface area contributed by atoms with E-state index in [1.807, 2.05) is 6.08 Å². The third-order valence-electron chi connectivity index (χ3n) is 6.40. The number of anilines is 1. The van der Waals surface area contributed by atoms with Crippen LogP contribution in [0.4, 0.5) is 5.95 Å². The minimum absolute atomic E-state index is 0.194. The van der Waals surface area contributed by atoms with Crippen LogP contribution in [0.1, 0.15) is 25.7 Å². The smallest absolute Gasteiger partial charge is 0.259 e. The molecule has 0 radical (unpaired) electrons. The molecule has 2 N–H and O–H groups in total. The average Bonchev–Trinajstić information content (AvgIpc) is 2.87. The molecule has 2 heterocycles. The Hall–Kier alpha value is -2.81. The van der Waals surface area contributed by atoms with Crippen LogP contribution in [-0.2, 0) is 7.05 Å². The quantitative estimate of drug-likeness (QED) is 0.414. The highest BCUT2D eigenvalue weighted by Gasteiger charge is 2.26. The van der Waals surface area contributed by atoms with Crippen LogP contribution in [-0.4, -0.2) is 47.4 Å². The van der Waals surface area contributed by atoms with Crippen molar-refractivity contribution in [3.05, 3.63) is 51.4 Å². The van der Waals surface area contributed by atoms with Crippen molar-refractivity contribution in [2.45, 2.75) is 37.8 Å². The first-order valence-corrected chi connectivity index (χ1v) is 12.2. The lowest BCUT2D eigenvalue weighted by Gasteiger charge is -2.32. The number of pyridine rings is 1. The average molecular weight is 518 g/mol. The summed E-state index contributed by atoms with van der Waals surface area (Å²) in [5.74, 6) is 1.19. The number of aromatic nitrogens is 3. The lowest BCUT2D eigenvalue weighted by atomic mass is 9.90. The molecule has 2 aromatic heterocycles. The largest absolute Gasteiger partial charge is 0.495 e. The molecule has 0 bridgehead atoms. The van der Waals surface area contributed by atoms with Gasteiger partial charge in [0.15, 0.2) is 0 Å². The molecular weight excluding hydrogens is 489 g/mol. The summed E-state index contributed by atoms with van der Waals surface area (Å²) in [4.78, 5) is 22.6. The van der Waals surface area contributed by atoms with Crippen LogP contribution in [0.5, 0.6) is 11.5 Å². The van der Waals surface area contributed by atoms with Crippen LogP contribution in [0.2, 0.25) is 10.0 Å². The Morgan fingerprint density at radius 3 is 2.43 bits per heavy atom. The van der Waals surface area contributed by atoms with Crippen LogP contribution in [0, 0.1) is 0 Å². The van der Waals surface area contributed by atoms with Gasteiger partial charge in [0, 0.05) is 48.9 Å². The van der Waals surface area contributed by atoms with E-state index in [9.17, 15) is 4.79 Å². The number of hydrogen-bond acceptors (Lipinski definition) is 7. The maximum absolute atomic E-state index is 13.4. The van der Waals surface area contributed by atoms with Gasteiger partial charge in [-0.2, -0.15) is 4.98 Å². The van der Waals surface area contributed by atoms with Crippen LogP contribution in [0.15, 0.2) is 35.8 Å². The van der Waals surface area contributed by atoms with E-state index in [4.69, 9.17) is 32.7 Å². The van der Waals surface area contributed by atoms with Crippen molar-refractivity contribution in [1.82, 2.24) is 19.9 Å². The Morgan fingerprint density at radius 1 is 1.14 bits per heavy atom. The van der Waals surface area contributed by atoms with Gasteiger partial charge in [0.25, 0.3) is 5.56 Å². The molecule has 4 rings (SSSR count). The molecule has 35 heavy (non-hydrogen) atoms. The van der Waals surface area contributed by atoms with E-state index in [0.717, 1.165) is 25.8 Å². The zero-order chi connectivity index (χ0) is 25.1. The summed E-state index contributed by atoms with van der Waals surface area (Å²) in [6.07, 6.45) is 7.98. The van der Waals surface area contributed by atoms with Gasteiger partial charge in [-0.1, -0.05) is 42.1 Å². The SMILES string of the molecule is C=CCN[C@H]1CCCC[C@H]1Nc1ncc2cc(-c3c(Cl)c(OC)cc(OC)c3Cl)c(=O)n(C)c2n1. The second-order valence-electron chi connectivity index (χ2n) is 8.52. The number of ether oxygens (including phenoxy) is 2. The highest BCUT2D eigenvalue weighted by Crippen LogP contribution is 2.45. The topological polar surface area (TPSA) is 90.3 Å². The lowest BCUT2D eigenvalue weighted by Crippen LogP contribution is -2.46. The Kier molecular flexibility index (Phi) is 7.84. The minimum Gasteiger partial charge on any atom is -0.495 e. The van der Waals surface area contributed by atoms with Gasteiger partial charge in [-0.3, -0.25) is 9.36 Å². The van der Waals surface area contributed by atoms with Gasteiger partial charge in [-0.05, 0) is 18.9 Å². The van der Waals surface area contributed by atoms with Crippen molar-refractivity contribution in [3.63, 3.8) is 0 Å². The Labute approximate surface area is 214 Å². The number of rotatable bonds is 8. The summed E-state index contributed by atoms with van der Waals surface area (Å²) in [6.45, 7) is 4.54. The molecule has 1 saturated carbocycles. The van der Waals surface area contributed by atoms with E-state index < -0.39 is 0 Å². The van der Waals surface area contributed by atoms with Crippen molar-refractivity contribution in [2.24, 2.45) is 7.05 Å². The number of hydrogen-bond donors (Lipinski definition) is 2. The molecule has 0 spiro atoms. The fraction of sp³-hybridized carbons (Fsp3) is 0.400. The van der Waals surface area contributed by atoms with Crippen LogP contribution in [0.3, 0.4) is 0 Å². The molecule has 1 fully saturated rings. The molecule has 3 aromatic rings. The molecule has 0 amide bonds. The number of nitrogens with zero attached hydrogens (tertiary/aromatic N) is 3. The highest BCUT2D eigenvalue weighted by molar-refractivity contribution is 6.41. The Bertz CT molecular complexity index is 1280. The summed E-state index contributed by atoms with van der Waals surface area (Å²) in [6, 6.07) is 3.78. The van der Waals surface area contributed by atoms with Crippen LogP contribution >= 0.6 is 23.2 Å². The third kappa shape index (κ3) is 4.96. The second-order valence-corrected chi connectivity index (χ2v) is 9.27. The molecule has 8 nitrogen and oxygen atoms in total. The van der Waals surface area contributed by atoms with E-state index in [0.29, 0.717) is 45.6 Å². The standard InChI is InChI=1S/C25H29Cl2N5O3/c1-5-10-28-16-8-6-7-9-17(16)30-25-29-13-14-11-15(24(33)32(2)23(14)31-25)20-21(26)18(34-3)12-19(35-4)22(20)27/h5,11-13,16-17,28H,1,6-10H2,2-4H3,(H,29,30,31)/t16-,17+/m0/s1. The van der Waals surface area contributed by atoms with Crippen molar-refractivity contribution in [1.29, 1.82) is 0 Å². The number of fused-ring (bicyclic) bond motifs is 1. The maximum atomic E-state index is 13.4. The van der Waals surface area contributed by atoms with E-state index in [-0.39, 0.29) is 21.6 Å². The molecule has 0 aliphatic heterocycles. The van der Waals surface area contributed by atoms with Gasteiger partial charge < -0.3 is 20.1 Å². The molecule has 1 aliphatic carbocycles. The second kappa shape index (κ2) is 10.8. The fourth-order valence-corrected chi connectivity index (χ4v) is 5.27. The molecule has 1 aromatic carbocycles. The molecule has 10 heteroatoms. The third-order valence-corrected chi connectivity index (χ3v) is 7.15. The first-order chi connectivity index (χ1) is 16.9. The Balaban J connectivity index is 1.75. The molecule has 2 atom stereocenters. The summed E-state index contributed by atoms with van der Waals surface area (Å²) in [5, 5.41) is 8.11. The maximum Gasteiger partial charge on any atom is 0.259 e. The van der Waals surface area contributed by atoms with E-state index >= 15 is 0 Å². The van der Waals surface area contributed by atoms with E-state index in [1.54, 1.807) is 25.4 Å². The van der Waals surface area contributed by atoms with Gasteiger partial charge >= 0.3 is 0 Å². The molecule has 186 valence electrons. The zero-order valence-corrected chi connectivity index (χ0v) is 21.5. The number of benzene rings is 1. The monoisotopic (exact) mass is 517 g/mol. The van der Waals surface area contributed by atoms with Crippen molar-refractivity contribution in [3.8, 4) is 22.6 Å². The summed E-state index contributed by atoms with van der Waals surface area (Å²) >= 11 is 13.1. The van der Waals surface area contributed by atoms with Crippen molar-refractivity contribution in [2.75, 3.05) is 26.1 Å².